The second-order valence-corrected chi connectivity index (χ2v) is 7.33. The first-order valence-corrected chi connectivity index (χ1v) is 8.62. The van der Waals surface area contributed by atoms with E-state index >= 15 is 0 Å². The van der Waals surface area contributed by atoms with E-state index in [1.807, 2.05) is 26.8 Å². The maximum absolute atomic E-state index is 12.7. The molecule has 3 aromatic rings. The van der Waals surface area contributed by atoms with E-state index in [4.69, 9.17) is 4.42 Å². The molecule has 1 saturated carbocycles. The van der Waals surface area contributed by atoms with Crippen molar-refractivity contribution >= 4 is 17.5 Å². The smallest absolute Gasteiger partial charge is 0.280 e. The van der Waals surface area contributed by atoms with Crippen LogP contribution in [0, 0.1) is 18.3 Å². The minimum absolute atomic E-state index is 0.126. The number of furan rings is 1. The maximum Gasteiger partial charge on any atom is 0.280 e. The Labute approximate surface area is 150 Å². The lowest BCUT2D eigenvalue weighted by Crippen LogP contribution is -2.41. The highest BCUT2D eigenvalue weighted by molar-refractivity contribution is 6.08. The fourth-order valence-electron chi connectivity index (χ4n) is 3.15. The monoisotopic (exact) mass is 352 g/mol. The average molecular weight is 352 g/mol. The number of carbonyl (C=O) groups excluding carboxylic acids is 2. The third-order valence-corrected chi connectivity index (χ3v) is 5.09. The number of aromatic nitrogens is 3. The summed E-state index contributed by atoms with van der Waals surface area (Å²) >= 11 is 0. The summed E-state index contributed by atoms with van der Waals surface area (Å²) in [6.07, 6.45) is 5.15. The minimum atomic E-state index is -0.562. The van der Waals surface area contributed by atoms with Gasteiger partial charge in [-0.2, -0.15) is 0 Å². The molecule has 0 aromatic carbocycles. The van der Waals surface area contributed by atoms with Crippen LogP contribution in [0.1, 0.15) is 42.9 Å². The predicted octanol–water partition coefficient (Wildman–Crippen LogP) is 2.99. The number of carbonyl (C=O) groups is 2. The summed E-state index contributed by atoms with van der Waals surface area (Å²) in [5.74, 6) is 0.133. The highest BCUT2D eigenvalue weighted by Crippen LogP contribution is 2.45. The van der Waals surface area contributed by atoms with Gasteiger partial charge in [0.25, 0.3) is 5.91 Å². The van der Waals surface area contributed by atoms with Crippen molar-refractivity contribution in [2.75, 3.05) is 0 Å². The van der Waals surface area contributed by atoms with Gasteiger partial charge in [-0.3, -0.25) is 19.3 Å². The molecule has 2 amide bonds. The second kappa shape index (κ2) is 5.79. The second-order valence-electron chi connectivity index (χ2n) is 7.33. The number of aryl methyl sites for hydroxylation is 1. The van der Waals surface area contributed by atoms with Crippen LogP contribution in [0.25, 0.3) is 17.1 Å². The molecular formula is C19H20N4O3. The third-order valence-electron chi connectivity index (χ3n) is 5.09. The summed E-state index contributed by atoms with van der Waals surface area (Å²) in [7, 11) is 0. The predicted molar refractivity (Wildman–Crippen MR) is 94.4 cm³/mol. The Bertz CT molecular complexity index is 997. The number of hydrogen-bond donors (Lipinski definition) is 1. The molecule has 1 N–H and O–H groups in total. The van der Waals surface area contributed by atoms with Crippen molar-refractivity contribution in [2.24, 2.45) is 11.3 Å². The molecule has 7 nitrogen and oxygen atoms in total. The van der Waals surface area contributed by atoms with Gasteiger partial charge in [0.1, 0.15) is 12.0 Å². The molecule has 1 aliphatic rings. The van der Waals surface area contributed by atoms with Crippen molar-refractivity contribution in [3.63, 3.8) is 0 Å². The Hall–Kier alpha value is -2.96. The maximum atomic E-state index is 12.7. The van der Waals surface area contributed by atoms with Crippen molar-refractivity contribution in [1.82, 2.24) is 19.7 Å². The average Bonchev–Trinajstić information content (AvgIpc) is 3.16. The van der Waals surface area contributed by atoms with Gasteiger partial charge in [0.05, 0.1) is 6.26 Å². The number of imidazole rings is 1. The van der Waals surface area contributed by atoms with Gasteiger partial charge in [0, 0.05) is 11.1 Å². The lowest BCUT2D eigenvalue weighted by atomic mass is 9.86. The van der Waals surface area contributed by atoms with Crippen LogP contribution < -0.4 is 5.32 Å². The quantitative estimate of drug-likeness (QED) is 0.780. The molecule has 1 aliphatic carbocycles. The van der Waals surface area contributed by atoms with Crippen LogP contribution in [-0.4, -0.2) is 26.2 Å². The molecule has 3 heterocycles. The van der Waals surface area contributed by atoms with Gasteiger partial charge in [-0.25, -0.2) is 9.97 Å². The number of rotatable bonds is 4. The van der Waals surface area contributed by atoms with Gasteiger partial charge in [0.2, 0.25) is 5.91 Å². The molecule has 7 heteroatoms. The number of amides is 2. The standard InChI is InChI=1S/C19H20N4O3/c1-11-9-13(14-5-4-8-26-14)21-16-15(20-10-23(11)16)17(24)22-18(25)19(2,3)12-6-7-12/h4-5,8-10,12H,6-7H2,1-3H3,(H,22,24,25). The lowest BCUT2D eigenvalue weighted by Gasteiger charge is -2.22. The normalized spacial score (nSPS) is 14.6. The summed E-state index contributed by atoms with van der Waals surface area (Å²) in [5.41, 5.74) is 1.43. The van der Waals surface area contributed by atoms with Gasteiger partial charge >= 0.3 is 0 Å². The molecule has 134 valence electrons. The van der Waals surface area contributed by atoms with Crippen LogP contribution in [0.5, 0.6) is 0 Å². The Morgan fingerprint density at radius 2 is 2.12 bits per heavy atom. The summed E-state index contributed by atoms with van der Waals surface area (Å²) in [5, 5.41) is 2.49. The van der Waals surface area contributed by atoms with E-state index in [0.29, 0.717) is 23.0 Å². The zero-order valence-electron chi connectivity index (χ0n) is 14.9. The summed E-state index contributed by atoms with van der Waals surface area (Å²) in [4.78, 5) is 33.9. The molecule has 0 unspecified atom stereocenters. The zero-order valence-corrected chi connectivity index (χ0v) is 14.9. The van der Waals surface area contributed by atoms with E-state index in [1.165, 1.54) is 6.33 Å². The van der Waals surface area contributed by atoms with Crippen LogP contribution in [0.15, 0.2) is 35.2 Å². The molecule has 3 aromatic heterocycles. The summed E-state index contributed by atoms with van der Waals surface area (Å²) in [6.45, 7) is 5.64. The summed E-state index contributed by atoms with van der Waals surface area (Å²) in [6, 6.07) is 5.44. The number of fused-ring (bicyclic) bond motifs is 1. The van der Waals surface area contributed by atoms with Crippen LogP contribution >= 0.6 is 0 Å². The van der Waals surface area contributed by atoms with Crippen LogP contribution in [0.2, 0.25) is 0 Å². The van der Waals surface area contributed by atoms with Crippen LogP contribution in [0.3, 0.4) is 0 Å². The van der Waals surface area contributed by atoms with Gasteiger partial charge in [0.15, 0.2) is 17.1 Å². The molecule has 26 heavy (non-hydrogen) atoms. The van der Waals surface area contributed by atoms with Crippen LogP contribution in [-0.2, 0) is 4.79 Å². The summed E-state index contributed by atoms with van der Waals surface area (Å²) < 4.78 is 7.12. The SMILES string of the molecule is Cc1cc(-c2ccco2)nc2c(C(=O)NC(=O)C(C)(C)C3CC3)ncn12. The molecular weight excluding hydrogens is 332 g/mol. The molecule has 4 rings (SSSR count). The van der Waals surface area contributed by atoms with Crippen molar-refractivity contribution in [2.45, 2.75) is 33.6 Å². The van der Waals surface area contributed by atoms with E-state index in [2.05, 4.69) is 15.3 Å². The van der Waals surface area contributed by atoms with Gasteiger partial charge in [-0.15, -0.1) is 0 Å². The zero-order chi connectivity index (χ0) is 18.5. The van der Waals surface area contributed by atoms with E-state index in [-0.39, 0.29) is 11.6 Å². The number of nitrogens with one attached hydrogen (secondary N) is 1. The van der Waals surface area contributed by atoms with Crippen molar-refractivity contribution < 1.29 is 14.0 Å². The van der Waals surface area contributed by atoms with Crippen LogP contribution in [0.4, 0.5) is 0 Å². The molecule has 0 atom stereocenters. The highest BCUT2D eigenvalue weighted by Gasteiger charge is 2.44. The third kappa shape index (κ3) is 2.69. The largest absolute Gasteiger partial charge is 0.463 e. The fraction of sp³-hybridized carbons (Fsp3) is 0.368. The number of hydrogen-bond acceptors (Lipinski definition) is 5. The fourth-order valence-corrected chi connectivity index (χ4v) is 3.15. The van der Waals surface area contributed by atoms with E-state index in [1.54, 1.807) is 22.8 Å². The Balaban J connectivity index is 1.68. The Kier molecular flexibility index (Phi) is 3.68. The molecule has 1 fully saturated rings. The number of imide groups is 1. The molecule has 0 spiro atoms. The van der Waals surface area contributed by atoms with E-state index in [0.717, 1.165) is 18.5 Å². The molecule has 0 bridgehead atoms. The first kappa shape index (κ1) is 16.5. The van der Waals surface area contributed by atoms with E-state index < -0.39 is 11.3 Å². The minimum Gasteiger partial charge on any atom is -0.463 e. The molecule has 0 aliphatic heterocycles. The first-order valence-electron chi connectivity index (χ1n) is 8.62. The van der Waals surface area contributed by atoms with Crippen molar-refractivity contribution in [3.05, 3.63) is 42.2 Å². The van der Waals surface area contributed by atoms with Gasteiger partial charge in [-0.05, 0) is 43.9 Å². The van der Waals surface area contributed by atoms with E-state index in [9.17, 15) is 9.59 Å². The Morgan fingerprint density at radius 1 is 1.35 bits per heavy atom. The van der Waals surface area contributed by atoms with Crippen molar-refractivity contribution in [1.29, 1.82) is 0 Å². The van der Waals surface area contributed by atoms with Gasteiger partial charge < -0.3 is 4.42 Å². The highest BCUT2D eigenvalue weighted by atomic mass is 16.3. The molecule has 0 saturated heterocycles. The van der Waals surface area contributed by atoms with Crippen molar-refractivity contribution in [3.8, 4) is 11.5 Å². The Morgan fingerprint density at radius 3 is 2.77 bits per heavy atom. The number of nitrogens with zero attached hydrogens (tertiary/aromatic N) is 3. The lowest BCUT2D eigenvalue weighted by molar-refractivity contribution is -0.129. The topological polar surface area (TPSA) is 89.5 Å². The first-order chi connectivity index (χ1) is 12.4. The molecule has 0 radical (unpaired) electrons. The van der Waals surface area contributed by atoms with Gasteiger partial charge in [-0.1, -0.05) is 13.8 Å².